The third kappa shape index (κ3) is 7.56. The van der Waals surface area contributed by atoms with E-state index in [-0.39, 0.29) is 34.1 Å². The minimum absolute atomic E-state index is 0.0151. The molecule has 0 bridgehead atoms. The standard InChI is InChI=1S/C31H35Cl2N3O5S/c1-21-11-14-27(15-12-21)42(39,40)36(26-13-16-29(41-3)28(33)18-26)20-30(37)35(19-23-7-6-8-24(32)17-23)22(2)31(38)34-25-9-4-5-10-25/h6-8,11-18,22,25H,4-5,9-10,19-20H2,1-3H3,(H,34,38)/t22-/m0/s1. The minimum Gasteiger partial charge on any atom is -0.495 e. The molecule has 11 heteroatoms. The summed E-state index contributed by atoms with van der Waals surface area (Å²) in [7, 11) is -2.76. The van der Waals surface area contributed by atoms with E-state index in [2.05, 4.69) is 5.32 Å². The van der Waals surface area contributed by atoms with Crippen LogP contribution < -0.4 is 14.4 Å². The van der Waals surface area contributed by atoms with Crippen molar-refractivity contribution in [2.75, 3.05) is 18.0 Å². The van der Waals surface area contributed by atoms with Crippen molar-refractivity contribution in [1.82, 2.24) is 10.2 Å². The quantitative estimate of drug-likeness (QED) is 0.281. The van der Waals surface area contributed by atoms with Crippen molar-refractivity contribution in [3.63, 3.8) is 0 Å². The fourth-order valence-corrected chi connectivity index (χ4v) is 6.85. The summed E-state index contributed by atoms with van der Waals surface area (Å²) in [5.41, 5.74) is 1.77. The maximum atomic E-state index is 14.1. The molecule has 1 saturated carbocycles. The van der Waals surface area contributed by atoms with Gasteiger partial charge in [0, 0.05) is 17.6 Å². The smallest absolute Gasteiger partial charge is 0.264 e. The summed E-state index contributed by atoms with van der Waals surface area (Å²) in [5, 5.41) is 3.73. The van der Waals surface area contributed by atoms with Gasteiger partial charge in [0.25, 0.3) is 10.0 Å². The van der Waals surface area contributed by atoms with Gasteiger partial charge in [-0.1, -0.05) is 65.9 Å². The van der Waals surface area contributed by atoms with Crippen LogP contribution in [0, 0.1) is 6.92 Å². The Bertz CT molecular complexity index is 1530. The SMILES string of the molecule is COc1ccc(N(CC(=O)N(Cc2cccc(Cl)c2)[C@@H](C)C(=O)NC2CCCC2)S(=O)(=O)c2ccc(C)cc2)cc1Cl. The Morgan fingerprint density at radius 3 is 2.33 bits per heavy atom. The van der Waals surface area contributed by atoms with Crippen LogP contribution in [0.15, 0.2) is 71.6 Å². The molecule has 1 aliphatic rings. The molecule has 0 aliphatic heterocycles. The lowest BCUT2D eigenvalue weighted by Crippen LogP contribution is -2.52. The zero-order valence-corrected chi connectivity index (χ0v) is 26.2. The van der Waals surface area contributed by atoms with E-state index in [0.29, 0.717) is 16.3 Å². The molecule has 0 saturated heterocycles. The van der Waals surface area contributed by atoms with E-state index < -0.39 is 28.5 Å². The van der Waals surface area contributed by atoms with Crippen molar-refractivity contribution in [2.24, 2.45) is 0 Å². The van der Waals surface area contributed by atoms with E-state index >= 15 is 0 Å². The highest BCUT2D eigenvalue weighted by atomic mass is 35.5. The van der Waals surface area contributed by atoms with Gasteiger partial charge in [0.2, 0.25) is 11.8 Å². The number of nitrogens with one attached hydrogen (secondary N) is 1. The van der Waals surface area contributed by atoms with E-state index in [1.54, 1.807) is 49.4 Å². The van der Waals surface area contributed by atoms with Crippen molar-refractivity contribution in [3.05, 3.63) is 87.9 Å². The highest BCUT2D eigenvalue weighted by molar-refractivity contribution is 7.92. The Balaban J connectivity index is 1.71. The van der Waals surface area contributed by atoms with Crippen LogP contribution in [-0.2, 0) is 26.2 Å². The molecule has 42 heavy (non-hydrogen) atoms. The molecule has 0 spiro atoms. The fraction of sp³-hybridized carbons (Fsp3) is 0.355. The first-order chi connectivity index (χ1) is 20.0. The molecule has 8 nitrogen and oxygen atoms in total. The molecular weight excluding hydrogens is 597 g/mol. The summed E-state index contributed by atoms with van der Waals surface area (Å²) in [4.78, 5) is 28.8. The molecule has 3 aromatic carbocycles. The van der Waals surface area contributed by atoms with Gasteiger partial charge in [-0.25, -0.2) is 8.42 Å². The summed E-state index contributed by atoms with van der Waals surface area (Å²) in [5.74, 6) is -0.497. The summed E-state index contributed by atoms with van der Waals surface area (Å²) in [6, 6.07) is 17.1. The van der Waals surface area contributed by atoms with Crippen LogP contribution >= 0.6 is 23.2 Å². The van der Waals surface area contributed by atoms with Gasteiger partial charge in [-0.3, -0.25) is 13.9 Å². The van der Waals surface area contributed by atoms with Crippen LogP contribution in [0.3, 0.4) is 0 Å². The Kier molecular flexibility index (Phi) is 10.4. The van der Waals surface area contributed by atoms with E-state index in [9.17, 15) is 18.0 Å². The van der Waals surface area contributed by atoms with Gasteiger partial charge >= 0.3 is 0 Å². The Labute approximate surface area is 257 Å². The average molecular weight is 633 g/mol. The zero-order chi connectivity index (χ0) is 30.4. The van der Waals surface area contributed by atoms with Crippen LogP contribution in [-0.4, -0.2) is 50.9 Å². The molecule has 1 atom stereocenters. The largest absolute Gasteiger partial charge is 0.495 e. The molecule has 0 heterocycles. The summed E-state index contributed by atoms with van der Waals surface area (Å²) in [6.45, 7) is 2.99. The number of rotatable bonds is 11. The topological polar surface area (TPSA) is 96.0 Å². The van der Waals surface area contributed by atoms with Gasteiger partial charge in [0.15, 0.2) is 0 Å². The highest BCUT2D eigenvalue weighted by Gasteiger charge is 2.33. The lowest BCUT2D eigenvalue weighted by molar-refractivity contribution is -0.139. The first kappa shape index (κ1) is 31.7. The average Bonchev–Trinajstić information content (AvgIpc) is 3.47. The molecule has 3 aromatic rings. The van der Waals surface area contributed by atoms with Gasteiger partial charge in [-0.2, -0.15) is 0 Å². The second-order valence-corrected chi connectivity index (χ2v) is 13.2. The van der Waals surface area contributed by atoms with Gasteiger partial charge < -0.3 is 15.0 Å². The Hall–Kier alpha value is -3.27. The molecule has 0 unspecified atom stereocenters. The van der Waals surface area contributed by atoms with E-state index in [1.807, 2.05) is 6.92 Å². The number of methoxy groups -OCH3 is 1. The first-order valence-corrected chi connectivity index (χ1v) is 16.0. The second kappa shape index (κ2) is 13.8. The van der Waals surface area contributed by atoms with Gasteiger partial charge in [0.1, 0.15) is 18.3 Å². The number of nitrogens with zero attached hydrogens (tertiary/aromatic N) is 2. The Morgan fingerprint density at radius 2 is 1.71 bits per heavy atom. The molecular formula is C31H35Cl2N3O5S. The predicted molar refractivity (Wildman–Crippen MR) is 166 cm³/mol. The number of carbonyl (C=O) groups is 2. The molecule has 0 radical (unpaired) electrons. The maximum absolute atomic E-state index is 14.1. The summed E-state index contributed by atoms with van der Waals surface area (Å²) in [6.07, 6.45) is 3.87. The minimum atomic E-state index is -4.22. The van der Waals surface area contributed by atoms with Gasteiger partial charge in [0.05, 0.1) is 22.7 Å². The molecule has 1 N–H and O–H groups in total. The van der Waals surface area contributed by atoms with Crippen molar-refractivity contribution in [3.8, 4) is 5.75 Å². The third-order valence-electron chi connectivity index (χ3n) is 7.42. The predicted octanol–water partition coefficient (Wildman–Crippen LogP) is 5.98. The normalized spacial score (nSPS) is 14.3. The van der Waals surface area contributed by atoms with Crippen molar-refractivity contribution in [1.29, 1.82) is 0 Å². The van der Waals surface area contributed by atoms with E-state index in [1.165, 1.54) is 36.3 Å². The molecule has 224 valence electrons. The number of sulfonamides is 1. The lowest BCUT2D eigenvalue weighted by atomic mass is 10.1. The number of carbonyl (C=O) groups excluding carboxylic acids is 2. The van der Waals surface area contributed by atoms with Crippen LogP contribution in [0.25, 0.3) is 0 Å². The summed E-state index contributed by atoms with van der Waals surface area (Å²) < 4.78 is 34.2. The first-order valence-electron chi connectivity index (χ1n) is 13.8. The van der Waals surface area contributed by atoms with Crippen LogP contribution in [0.5, 0.6) is 5.75 Å². The van der Waals surface area contributed by atoms with Crippen molar-refractivity contribution >= 4 is 50.7 Å². The number of hydrogen-bond donors (Lipinski definition) is 1. The number of aryl methyl sites for hydroxylation is 1. The van der Waals surface area contributed by atoms with Crippen LogP contribution in [0.4, 0.5) is 5.69 Å². The fourth-order valence-electron chi connectivity index (χ4n) is 4.98. The molecule has 4 rings (SSSR count). The van der Waals surface area contributed by atoms with E-state index in [0.717, 1.165) is 35.6 Å². The van der Waals surface area contributed by atoms with Crippen LogP contribution in [0.1, 0.15) is 43.7 Å². The number of anilines is 1. The summed E-state index contributed by atoms with van der Waals surface area (Å²) >= 11 is 12.6. The molecule has 1 fully saturated rings. The number of amides is 2. The van der Waals surface area contributed by atoms with E-state index in [4.69, 9.17) is 27.9 Å². The maximum Gasteiger partial charge on any atom is 0.264 e. The number of benzene rings is 3. The number of ether oxygens (including phenoxy) is 1. The molecule has 2 amide bonds. The van der Waals surface area contributed by atoms with Crippen LogP contribution in [0.2, 0.25) is 10.0 Å². The monoisotopic (exact) mass is 631 g/mol. The van der Waals surface area contributed by atoms with Crippen molar-refractivity contribution in [2.45, 2.75) is 63.1 Å². The molecule has 1 aliphatic carbocycles. The second-order valence-electron chi connectivity index (χ2n) is 10.5. The van der Waals surface area contributed by atoms with Gasteiger partial charge in [-0.05, 0) is 74.7 Å². The van der Waals surface area contributed by atoms with Gasteiger partial charge in [-0.15, -0.1) is 0 Å². The number of hydrogen-bond acceptors (Lipinski definition) is 5. The molecule has 0 aromatic heterocycles. The zero-order valence-electron chi connectivity index (χ0n) is 23.8. The number of halogens is 2. The highest BCUT2D eigenvalue weighted by Crippen LogP contribution is 2.32. The lowest BCUT2D eigenvalue weighted by Gasteiger charge is -2.32. The Morgan fingerprint density at radius 1 is 1.02 bits per heavy atom. The third-order valence-corrected chi connectivity index (χ3v) is 9.74. The van der Waals surface area contributed by atoms with Crippen molar-refractivity contribution < 1.29 is 22.7 Å².